The molecule has 5 heteroatoms. The number of benzene rings is 3. The molecule has 0 aliphatic heterocycles. The Morgan fingerprint density at radius 3 is 2.14 bits per heavy atom. The summed E-state index contributed by atoms with van der Waals surface area (Å²) in [6, 6.07) is 18.9. The molecule has 0 N–H and O–H groups in total. The Balaban J connectivity index is 1.68. The van der Waals surface area contributed by atoms with Crippen LogP contribution in [0.4, 0.5) is 8.78 Å². The Labute approximate surface area is 162 Å². The Kier molecular flexibility index (Phi) is 6.37. The van der Waals surface area contributed by atoms with Crippen molar-refractivity contribution < 1.29 is 23.0 Å². The van der Waals surface area contributed by atoms with Gasteiger partial charge in [0.05, 0.1) is 5.56 Å². The monoisotopic (exact) mass is 382 g/mol. The topological polar surface area (TPSA) is 35.5 Å². The van der Waals surface area contributed by atoms with E-state index in [0.717, 1.165) is 30.0 Å². The molecule has 0 aliphatic carbocycles. The van der Waals surface area contributed by atoms with E-state index in [1.54, 1.807) is 12.1 Å². The zero-order chi connectivity index (χ0) is 19.9. The van der Waals surface area contributed by atoms with E-state index in [9.17, 15) is 13.6 Å². The molecule has 0 saturated heterocycles. The van der Waals surface area contributed by atoms with Crippen molar-refractivity contribution in [1.29, 1.82) is 0 Å². The molecule has 0 spiro atoms. The predicted molar refractivity (Wildman–Crippen MR) is 104 cm³/mol. The first-order chi connectivity index (χ1) is 13.6. The summed E-state index contributed by atoms with van der Waals surface area (Å²) in [6.07, 6.45) is 2.16. The van der Waals surface area contributed by atoms with Gasteiger partial charge in [0.15, 0.2) is 11.6 Å². The number of ether oxygens (including phenoxy) is 2. The molecule has 28 heavy (non-hydrogen) atoms. The van der Waals surface area contributed by atoms with Gasteiger partial charge in [-0.15, -0.1) is 0 Å². The van der Waals surface area contributed by atoms with Gasteiger partial charge in [-0.3, -0.25) is 0 Å². The molecular weight excluding hydrogens is 362 g/mol. The van der Waals surface area contributed by atoms with Gasteiger partial charge in [-0.1, -0.05) is 49.7 Å². The highest BCUT2D eigenvalue weighted by Gasteiger charge is 2.13. The molecule has 0 aromatic heterocycles. The largest absolute Gasteiger partial charge is 0.460 e. The Morgan fingerprint density at radius 1 is 0.929 bits per heavy atom. The summed E-state index contributed by atoms with van der Waals surface area (Å²) in [7, 11) is 0. The second-order valence-electron chi connectivity index (χ2n) is 6.26. The molecule has 0 saturated carbocycles. The first kappa shape index (κ1) is 19.5. The lowest BCUT2D eigenvalue weighted by molar-refractivity contribution is 0.0734. The molecule has 0 fully saturated rings. The van der Waals surface area contributed by atoms with Gasteiger partial charge in [-0.05, 0) is 53.4 Å². The van der Waals surface area contributed by atoms with Gasteiger partial charge in [0, 0.05) is 0 Å². The molecule has 0 heterocycles. The lowest BCUT2D eigenvalue weighted by Gasteiger charge is -2.08. The zero-order valence-corrected chi connectivity index (χ0v) is 15.5. The van der Waals surface area contributed by atoms with Crippen LogP contribution in [0.3, 0.4) is 0 Å². The third kappa shape index (κ3) is 4.74. The normalized spacial score (nSPS) is 10.5. The second kappa shape index (κ2) is 9.13. The number of aryl methyl sites for hydroxylation is 1. The summed E-state index contributed by atoms with van der Waals surface area (Å²) < 4.78 is 35.6. The standard InChI is InChI=1S/C23H20F2O3/c1-2-3-16-4-6-17(7-5-16)18-8-11-20(12-9-18)28-23(26)19-10-13-22(27-15-24)21(25)14-19/h4-14H,2-3,15H2,1H3. The molecule has 0 radical (unpaired) electrons. The van der Waals surface area contributed by atoms with Gasteiger partial charge in [0.1, 0.15) is 5.75 Å². The van der Waals surface area contributed by atoms with Crippen molar-refractivity contribution >= 4 is 5.97 Å². The van der Waals surface area contributed by atoms with Crippen molar-refractivity contribution in [1.82, 2.24) is 0 Å². The Hall–Kier alpha value is -3.21. The van der Waals surface area contributed by atoms with Crippen LogP contribution in [0.5, 0.6) is 11.5 Å². The van der Waals surface area contributed by atoms with Crippen molar-refractivity contribution in [3.63, 3.8) is 0 Å². The fourth-order valence-corrected chi connectivity index (χ4v) is 2.84. The van der Waals surface area contributed by atoms with Gasteiger partial charge in [-0.2, -0.15) is 0 Å². The van der Waals surface area contributed by atoms with Crippen LogP contribution in [0.25, 0.3) is 11.1 Å². The third-order valence-electron chi connectivity index (χ3n) is 4.27. The number of esters is 1. The van der Waals surface area contributed by atoms with E-state index in [0.29, 0.717) is 5.75 Å². The predicted octanol–water partition coefficient (Wildman–Crippen LogP) is 5.97. The highest BCUT2D eigenvalue weighted by atomic mass is 19.1. The van der Waals surface area contributed by atoms with Gasteiger partial charge in [0.2, 0.25) is 6.86 Å². The van der Waals surface area contributed by atoms with Crippen LogP contribution < -0.4 is 9.47 Å². The average Bonchev–Trinajstić information content (AvgIpc) is 2.71. The van der Waals surface area contributed by atoms with E-state index in [4.69, 9.17) is 4.74 Å². The first-order valence-corrected chi connectivity index (χ1v) is 9.00. The minimum atomic E-state index is -1.14. The number of hydrogen-bond donors (Lipinski definition) is 0. The lowest BCUT2D eigenvalue weighted by atomic mass is 10.0. The van der Waals surface area contributed by atoms with Gasteiger partial charge in [0.25, 0.3) is 0 Å². The highest BCUT2D eigenvalue weighted by Crippen LogP contribution is 2.24. The van der Waals surface area contributed by atoms with Crippen molar-refractivity contribution in [2.24, 2.45) is 0 Å². The minimum Gasteiger partial charge on any atom is -0.460 e. The quantitative estimate of drug-likeness (QED) is 0.373. The van der Waals surface area contributed by atoms with Crippen LogP contribution in [0, 0.1) is 5.82 Å². The molecule has 144 valence electrons. The molecule has 3 nitrogen and oxygen atoms in total. The van der Waals surface area contributed by atoms with E-state index < -0.39 is 18.6 Å². The smallest absolute Gasteiger partial charge is 0.343 e. The van der Waals surface area contributed by atoms with Gasteiger partial charge in [-0.25, -0.2) is 13.6 Å². The van der Waals surface area contributed by atoms with Crippen molar-refractivity contribution in [3.8, 4) is 22.6 Å². The maximum atomic E-state index is 13.8. The Bertz CT molecular complexity index is 935. The number of halogens is 2. The van der Waals surface area contributed by atoms with Crippen molar-refractivity contribution in [3.05, 3.63) is 83.7 Å². The summed E-state index contributed by atoms with van der Waals surface area (Å²) in [5.41, 5.74) is 3.39. The second-order valence-corrected chi connectivity index (χ2v) is 6.26. The van der Waals surface area contributed by atoms with Crippen LogP contribution >= 0.6 is 0 Å². The molecule has 0 atom stereocenters. The summed E-state index contributed by atoms with van der Waals surface area (Å²) >= 11 is 0. The average molecular weight is 382 g/mol. The Morgan fingerprint density at radius 2 is 1.57 bits per heavy atom. The van der Waals surface area contributed by atoms with Crippen LogP contribution in [0.2, 0.25) is 0 Å². The van der Waals surface area contributed by atoms with Crippen LogP contribution in [0.15, 0.2) is 66.7 Å². The van der Waals surface area contributed by atoms with E-state index in [1.165, 1.54) is 17.7 Å². The fraction of sp³-hybridized carbons (Fsp3) is 0.174. The molecule has 3 aromatic carbocycles. The highest BCUT2D eigenvalue weighted by molar-refractivity contribution is 5.91. The number of alkyl halides is 1. The maximum absolute atomic E-state index is 13.8. The summed E-state index contributed by atoms with van der Waals surface area (Å²) in [6.45, 7) is 1.00. The summed E-state index contributed by atoms with van der Waals surface area (Å²) in [5, 5.41) is 0. The molecule has 0 aliphatic rings. The minimum absolute atomic E-state index is 0.0132. The van der Waals surface area contributed by atoms with Crippen LogP contribution in [0.1, 0.15) is 29.3 Å². The van der Waals surface area contributed by atoms with Crippen LogP contribution in [-0.2, 0) is 6.42 Å². The summed E-state index contributed by atoms with van der Waals surface area (Å²) in [4.78, 5) is 12.2. The molecule has 0 unspecified atom stereocenters. The van der Waals surface area contributed by atoms with E-state index in [1.807, 2.05) is 12.1 Å². The number of carbonyl (C=O) groups excluding carboxylic acids is 1. The lowest BCUT2D eigenvalue weighted by Crippen LogP contribution is -2.09. The van der Waals surface area contributed by atoms with E-state index in [-0.39, 0.29) is 11.3 Å². The van der Waals surface area contributed by atoms with Crippen molar-refractivity contribution in [2.45, 2.75) is 19.8 Å². The SMILES string of the molecule is CCCc1ccc(-c2ccc(OC(=O)c3ccc(OCF)c(F)c3)cc2)cc1. The molecule has 0 bridgehead atoms. The van der Waals surface area contributed by atoms with Gasteiger partial charge >= 0.3 is 5.97 Å². The molecule has 3 aromatic rings. The fourth-order valence-electron chi connectivity index (χ4n) is 2.84. The van der Waals surface area contributed by atoms with Gasteiger partial charge < -0.3 is 9.47 Å². The maximum Gasteiger partial charge on any atom is 0.343 e. The first-order valence-electron chi connectivity index (χ1n) is 9.00. The van der Waals surface area contributed by atoms with E-state index >= 15 is 0 Å². The number of rotatable bonds is 7. The summed E-state index contributed by atoms with van der Waals surface area (Å²) in [5.74, 6) is -1.44. The molecule has 3 rings (SSSR count). The third-order valence-corrected chi connectivity index (χ3v) is 4.27. The van der Waals surface area contributed by atoms with Crippen LogP contribution in [-0.4, -0.2) is 12.8 Å². The van der Waals surface area contributed by atoms with E-state index in [2.05, 4.69) is 35.9 Å². The van der Waals surface area contributed by atoms with Crippen molar-refractivity contribution in [2.75, 3.05) is 6.86 Å². The molecule has 0 amide bonds. The zero-order valence-electron chi connectivity index (χ0n) is 15.5. The number of hydrogen-bond acceptors (Lipinski definition) is 3. The molecular formula is C23H20F2O3. The number of carbonyl (C=O) groups is 1.